The van der Waals surface area contributed by atoms with Crippen molar-refractivity contribution < 1.29 is 8.85 Å². The third kappa shape index (κ3) is 9.05. The summed E-state index contributed by atoms with van der Waals surface area (Å²) in [6.45, 7) is 8.75. The summed E-state index contributed by atoms with van der Waals surface area (Å²) in [5.41, 5.74) is 1.41. The minimum absolute atomic E-state index is 0.358. The van der Waals surface area contributed by atoms with Gasteiger partial charge in [0.15, 0.2) is 9.76 Å². The fraction of sp³-hybridized carbons (Fsp3) is 0.818. The quantitative estimate of drug-likeness (QED) is 0.363. The Morgan fingerprint density at radius 1 is 1.40 bits per heavy atom. The molecule has 2 nitrogen and oxygen atoms in total. The van der Waals surface area contributed by atoms with Crippen LogP contribution in [0.5, 0.6) is 0 Å². The Kier molecular flexibility index (Phi) is 9.39. The molecule has 0 aromatic heterocycles. The summed E-state index contributed by atoms with van der Waals surface area (Å²) in [5.74, 6) is 0.642. The first-order valence-electron chi connectivity index (χ1n) is 5.81. The first-order chi connectivity index (χ1) is 7.07. The summed E-state index contributed by atoms with van der Waals surface area (Å²) in [4.78, 5) is 0. The van der Waals surface area contributed by atoms with E-state index in [1.165, 1.54) is 18.4 Å². The van der Waals surface area contributed by atoms with E-state index in [0.717, 1.165) is 16.7 Å². The first kappa shape index (κ1) is 15.1. The molecule has 15 heavy (non-hydrogen) atoms. The van der Waals surface area contributed by atoms with E-state index in [-0.39, 0.29) is 9.76 Å². The predicted molar refractivity (Wildman–Crippen MR) is 72.8 cm³/mol. The van der Waals surface area contributed by atoms with Gasteiger partial charge >= 0.3 is 0 Å². The van der Waals surface area contributed by atoms with Crippen molar-refractivity contribution in [3.05, 3.63) is 11.6 Å². The molecule has 0 aliphatic carbocycles. The highest BCUT2D eigenvalue weighted by atomic mass is 28.3. The van der Waals surface area contributed by atoms with Gasteiger partial charge in [0.2, 0.25) is 0 Å². The summed E-state index contributed by atoms with van der Waals surface area (Å²) >= 11 is 0. The lowest BCUT2D eigenvalue weighted by Gasteiger charge is -2.19. The summed E-state index contributed by atoms with van der Waals surface area (Å²) < 4.78 is 11.0. The van der Waals surface area contributed by atoms with Crippen LogP contribution in [-0.4, -0.2) is 32.6 Å². The molecule has 0 saturated carbocycles. The summed E-state index contributed by atoms with van der Waals surface area (Å²) in [7, 11) is 0.512. The largest absolute Gasteiger partial charge is 0.466 e. The molecule has 2 atom stereocenters. The van der Waals surface area contributed by atoms with E-state index in [1.807, 2.05) is 0 Å². The predicted octanol–water partition coefficient (Wildman–Crippen LogP) is 1.11. The maximum atomic E-state index is 5.74. The van der Waals surface area contributed by atoms with Crippen LogP contribution in [0.2, 0.25) is 0 Å². The van der Waals surface area contributed by atoms with Crippen molar-refractivity contribution in [2.45, 2.75) is 46.6 Å². The molecule has 0 aromatic rings. The third-order valence-corrected chi connectivity index (χ3v) is 4.68. The molecule has 2 unspecified atom stereocenters. The zero-order valence-electron chi connectivity index (χ0n) is 10.9. The monoisotopic (exact) mass is 246 g/mol. The average molecular weight is 246 g/mol. The summed E-state index contributed by atoms with van der Waals surface area (Å²) in [5, 5.41) is 0. The van der Waals surface area contributed by atoms with E-state index >= 15 is 0 Å². The lowest BCUT2D eigenvalue weighted by molar-refractivity contribution is 0.0534. The Labute approximate surface area is 99.9 Å². The van der Waals surface area contributed by atoms with Gasteiger partial charge in [0.05, 0.1) is 12.3 Å². The van der Waals surface area contributed by atoms with Crippen molar-refractivity contribution in [2.75, 3.05) is 6.23 Å². The fourth-order valence-electron chi connectivity index (χ4n) is 1.35. The maximum absolute atomic E-state index is 5.74. The third-order valence-electron chi connectivity index (χ3n) is 2.64. The Morgan fingerprint density at radius 2 is 2.07 bits per heavy atom. The van der Waals surface area contributed by atoms with Crippen molar-refractivity contribution in [1.29, 1.82) is 0 Å². The van der Waals surface area contributed by atoms with Crippen LogP contribution in [0, 0.1) is 5.92 Å². The smallest absolute Gasteiger partial charge is 0.171 e. The van der Waals surface area contributed by atoms with Crippen molar-refractivity contribution in [2.24, 2.45) is 5.92 Å². The van der Waals surface area contributed by atoms with Crippen LogP contribution >= 0.6 is 0 Å². The second-order valence-corrected chi connectivity index (χ2v) is 7.53. The maximum Gasteiger partial charge on any atom is 0.171 e. The molecule has 0 aliphatic heterocycles. The molecule has 0 rings (SSSR count). The SMILES string of the molecule is CC(C)=CCCC(C)C(C)OC[SiH2]O[SiH3]. The standard InChI is InChI=1S/C11H26O2Si2/c1-9(2)6-5-7-10(3)11(4)12-8-15-13-14/h6,10-11H,5,7-8,15H2,1-4,14H3. The topological polar surface area (TPSA) is 18.5 Å². The molecule has 0 amide bonds. The van der Waals surface area contributed by atoms with Crippen molar-refractivity contribution in [3.63, 3.8) is 0 Å². The lowest BCUT2D eigenvalue weighted by Crippen LogP contribution is -2.21. The normalized spacial score (nSPS) is 15.7. The zero-order valence-corrected chi connectivity index (χ0v) is 14.3. The number of hydrogen-bond donors (Lipinski definition) is 0. The van der Waals surface area contributed by atoms with Gasteiger partial charge in [0.1, 0.15) is 10.5 Å². The molecular formula is C11H26O2Si2. The van der Waals surface area contributed by atoms with Gasteiger partial charge in [-0.3, -0.25) is 0 Å². The van der Waals surface area contributed by atoms with E-state index in [9.17, 15) is 0 Å². The number of allylic oxidation sites excluding steroid dienone is 2. The minimum atomic E-state index is -0.358. The van der Waals surface area contributed by atoms with Gasteiger partial charge in [0, 0.05) is 0 Å². The molecule has 90 valence electrons. The molecule has 0 aromatic carbocycles. The van der Waals surface area contributed by atoms with Crippen LogP contribution in [0.3, 0.4) is 0 Å². The lowest BCUT2D eigenvalue weighted by atomic mass is 9.99. The Morgan fingerprint density at radius 3 is 2.60 bits per heavy atom. The number of ether oxygens (including phenoxy) is 1. The van der Waals surface area contributed by atoms with Crippen LogP contribution in [0.25, 0.3) is 0 Å². The number of hydrogen-bond acceptors (Lipinski definition) is 2. The highest BCUT2D eigenvalue weighted by Gasteiger charge is 2.11. The van der Waals surface area contributed by atoms with Gasteiger partial charge in [-0.25, -0.2) is 0 Å². The highest BCUT2D eigenvalue weighted by molar-refractivity contribution is 6.34. The second-order valence-electron chi connectivity index (χ2n) is 4.40. The van der Waals surface area contributed by atoms with E-state index in [2.05, 4.69) is 33.8 Å². The molecule has 0 N–H and O–H groups in total. The van der Waals surface area contributed by atoms with E-state index in [1.54, 1.807) is 0 Å². The van der Waals surface area contributed by atoms with Crippen molar-refractivity contribution >= 4 is 20.2 Å². The van der Waals surface area contributed by atoms with Gasteiger partial charge in [-0.2, -0.15) is 0 Å². The molecular weight excluding hydrogens is 220 g/mol. The van der Waals surface area contributed by atoms with Crippen molar-refractivity contribution in [3.8, 4) is 0 Å². The van der Waals surface area contributed by atoms with Crippen LogP contribution in [0.4, 0.5) is 0 Å². The van der Waals surface area contributed by atoms with Crippen LogP contribution in [-0.2, 0) is 8.85 Å². The molecule has 0 bridgehead atoms. The van der Waals surface area contributed by atoms with E-state index in [0.29, 0.717) is 12.0 Å². The van der Waals surface area contributed by atoms with E-state index in [4.69, 9.17) is 8.85 Å². The van der Waals surface area contributed by atoms with Crippen LogP contribution in [0.15, 0.2) is 11.6 Å². The fourth-order valence-corrected chi connectivity index (χ4v) is 2.49. The second kappa shape index (κ2) is 9.33. The Bertz CT molecular complexity index is 179. The highest BCUT2D eigenvalue weighted by Crippen LogP contribution is 2.14. The van der Waals surface area contributed by atoms with Gasteiger partial charge in [0.25, 0.3) is 0 Å². The Hall–Kier alpha value is 0.0938. The van der Waals surface area contributed by atoms with Gasteiger partial charge in [-0.1, -0.05) is 18.6 Å². The van der Waals surface area contributed by atoms with Gasteiger partial charge in [-0.15, -0.1) is 0 Å². The van der Waals surface area contributed by atoms with Crippen LogP contribution in [0.1, 0.15) is 40.5 Å². The molecule has 0 aliphatic rings. The molecule has 0 spiro atoms. The van der Waals surface area contributed by atoms with Gasteiger partial charge < -0.3 is 8.85 Å². The van der Waals surface area contributed by atoms with Crippen molar-refractivity contribution in [1.82, 2.24) is 0 Å². The minimum Gasteiger partial charge on any atom is -0.466 e. The number of rotatable bonds is 8. The Balaban J connectivity index is 3.59. The molecule has 0 saturated heterocycles. The van der Waals surface area contributed by atoms with E-state index < -0.39 is 0 Å². The molecule has 4 heteroatoms. The van der Waals surface area contributed by atoms with Gasteiger partial charge in [-0.05, 0) is 39.5 Å². The molecule has 0 heterocycles. The first-order valence-corrected chi connectivity index (χ1v) is 8.21. The summed E-state index contributed by atoms with van der Waals surface area (Å²) in [6.07, 6.45) is 5.94. The summed E-state index contributed by atoms with van der Waals surface area (Å²) in [6, 6.07) is 0. The molecule has 0 fully saturated rings. The zero-order chi connectivity index (χ0) is 11.7. The van der Waals surface area contributed by atoms with Crippen LogP contribution < -0.4 is 0 Å². The average Bonchev–Trinajstić information content (AvgIpc) is 2.17. The molecule has 0 radical (unpaired) electrons.